The van der Waals surface area contributed by atoms with Crippen LogP contribution >= 0.6 is 0 Å². The number of rotatable bonds is 4. The maximum absolute atomic E-state index is 10.6. The molecule has 80 valence electrons. The number of hydrogen-bond donors (Lipinski definition) is 3. The van der Waals surface area contributed by atoms with Crippen LogP contribution in [0.3, 0.4) is 0 Å². The quantitative estimate of drug-likeness (QED) is 0.678. The number of primary amides is 1. The van der Waals surface area contributed by atoms with Gasteiger partial charge in [-0.05, 0) is 12.1 Å². The first-order chi connectivity index (χ1) is 7.09. The van der Waals surface area contributed by atoms with Crippen molar-refractivity contribution in [3.05, 3.63) is 24.3 Å². The zero-order chi connectivity index (χ0) is 11.3. The van der Waals surface area contributed by atoms with Crippen LogP contribution in [0, 0.1) is 0 Å². The molecular weight excluding hydrogens is 200 g/mol. The molecule has 6 nitrogen and oxygen atoms in total. The van der Waals surface area contributed by atoms with Gasteiger partial charge in [0, 0.05) is 0 Å². The highest BCUT2D eigenvalue weighted by Crippen LogP contribution is 2.23. The molecule has 6 heteroatoms. The smallest absolute Gasteiger partial charge is 0.341 e. The van der Waals surface area contributed by atoms with Crippen molar-refractivity contribution < 1.29 is 19.4 Å². The standard InChI is InChI=1S/C9H10N2O4/c10-9(14)11-6-3-1-2-4-7(6)15-5-8(12)13/h1-4H,5H2,(H,12,13)(H3,10,11,14). The minimum Gasteiger partial charge on any atom is -0.480 e. The van der Waals surface area contributed by atoms with Gasteiger partial charge in [-0.1, -0.05) is 12.1 Å². The summed E-state index contributed by atoms with van der Waals surface area (Å²) in [7, 11) is 0. The van der Waals surface area contributed by atoms with Crippen LogP contribution in [0.1, 0.15) is 0 Å². The number of carboxylic acids is 1. The number of urea groups is 1. The van der Waals surface area contributed by atoms with E-state index in [9.17, 15) is 9.59 Å². The summed E-state index contributed by atoms with van der Waals surface area (Å²) < 4.78 is 4.93. The van der Waals surface area contributed by atoms with Crippen LogP contribution in [0.4, 0.5) is 10.5 Å². The lowest BCUT2D eigenvalue weighted by Gasteiger charge is -2.09. The van der Waals surface area contributed by atoms with E-state index in [4.69, 9.17) is 15.6 Å². The van der Waals surface area contributed by atoms with Gasteiger partial charge in [-0.25, -0.2) is 9.59 Å². The molecule has 0 aliphatic carbocycles. The Labute approximate surface area is 85.6 Å². The Morgan fingerprint density at radius 3 is 2.67 bits per heavy atom. The number of benzene rings is 1. The molecule has 2 amide bonds. The van der Waals surface area contributed by atoms with Gasteiger partial charge in [0.25, 0.3) is 0 Å². The van der Waals surface area contributed by atoms with Crippen LogP contribution < -0.4 is 15.8 Å². The molecule has 0 unspecified atom stereocenters. The number of anilines is 1. The second-order valence-electron chi connectivity index (χ2n) is 2.67. The molecule has 0 heterocycles. The third-order valence-corrected chi connectivity index (χ3v) is 1.50. The van der Waals surface area contributed by atoms with Crippen molar-refractivity contribution >= 4 is 17.7 Å². The third-order valence-electron chi connectivity index (χ3n) is 1.50. The minimum absolute atomic E-state index is 0.263. The first kappa shape index (κ1) is 10.8. The molecule has 4 N–H and O–H groups in total. The van der Waals surface area contributed by atoms with E-state index in [2.05, 4.69) is 5.32 Å². The number of ether oxygens (including phenoxy) is 1. The summed E-state index contributed by atoms with van der Waals surface area (Å²) in [6.07, 6.45) is 0. The lowest BCUT2D eigenvalue weighted by Crippen LogP contribution is -2.20. The summed E-state index contributed by atoms with van der Waals surface area (Å²) in [5.74, 6) is -0.831. The number of aliphatic carboxylic acids is 1. The highest BCUT2D eigenvalue weighted by atomic mass is 16.5. The molecule has 0 aliphatic heterocycles. The Balaban J connectivity index is 2.76. The number of carbonyl (C=O) groups is 2. The zero-order valence-corrected chi connectivity index (χ0v) is 7.77. The first-order valence-electron chi connectivity index (χ1n) is 4.09. The number of nitrogens with one attached hydrogen (secondary N) is 1. The number of hydrogen-bond acceptors (Lipinski definition) is 3. The molecule has 1 aromatic carbocycles. The van der Waals surface area contributed by atoms with Crippen molar-refractivity contribution in [2.75, 3.05) is 11.9 Å². The molecular formula is C9H10N2O4. The molecule has 1 aromatic rings. The largest absolute Gasteiger partial charge is 0.480 e. The maximum Gasteiger partial charge on any atom is 0.341 e. The van der Waals surface area contributed by atoms with Gasteiger partial charge in [-0.15, -0.1) is 0 Å². The van der Waals surface area contributed by atoms with E-state index in [1.165, 1.54) is 6.07 Å². The summed E-state index contributed by atoms with van der Waals surface area (Å²) in [5, 5.41) is 10.7. The van der Waals surface area contributed by atoms with Gasteiger partial charge < -0.3 is 20.9 Å². The van der Waals surface area contributed by atoms with Crippen molar-refractivity contribution in [3.63, 3.8) is 0 Å². The summed E-state index contributed by atoms with van der Waals surface area (Å²) in [4.78, 5) is 20.9. The molecule has 0 radical (unpaired) electrons. The van der Waals surface area contributed by atoms with Gasteiger partial charge in [0.2, 0.25) is 0 Å². The Morgan fingerprint density at radius 1 is 1.40 bits per heavy atom. The molecule has 0 saturated carbocycles. The van der Waals surface area contributed by atoms with Crippen LogP contribution in [0.5, 0.6) is 5.75 Å². The van der Waals surface area contributed by atoms with Gasteiger partial charge >= 0.3 is 12.0 Å². The Kier molecular flexibility index (Phi) is 3.50. The van der Waals surface area contributed by atoms with E-state index < -0.39 is 18.6 Å². The van der Waals surface area contributed by atoms with E-state index in [0.717, 1.165) is 0 Å². The fraction of sp³-hybridized carbons (Fsp3) is 0.111. The maximum atomic E-state index is 10.6. The molecule has 0 aromatic heterocycles. The number of amides is 2. The lowest BCUT2D eigenvalue weighted by atomic mass is 10.3. The SMILES string of the molecule is NC(=O)Nc1ccccc1OCC(=O)O. The van der Waals surface area contributed by atoms with Crippen LogP contribution in [-0.2, 0) is 4.79 Å². The molecule has 0 bridgehead atoms. The predicted molar refractivity (Wildman–Crippen MR) is 52.8 cm³/mol. The van der Waals surface area contributed by atoms with E-state index >= 15 is 0 Å². The number of nitrogens with two attached hydrogens (primary N) is 1. The Hall–Kier alpha value is -2.24. The van der Waals surface area contributed by atoms with E-state index in [1.54, 1.807) is 18.2 Å². The Bertz CT molecular complexity index is 378. The fourth-order valence-corrected chi connectivity index (χ4v) is 0.968. The van der Waals surface area contributed by atoms with Crippen molar-refractivity contribution in [2.45, 2.75) is 0 Å². The topological polar surface area (TPSA) is 102 Å². The van der Waals surface area contributed by atoms with Crippen molar-refractivity contribution in [3.8, 4) is 5.75 Å². The lowest BCUT2D eigenvalue weighted by molar-refractivity contribution is -0.139. The molecule has 0 spiro atoms. The highest BCUT2D eigenvalue weighted by molar-refractivity contribution is 5.89. The molecule has 15 heavy (non-hydrogen) atoms. The summed E-state index contributed by atoms with van der Waals surface area (Å²) in [6, 6.07) is 5.68. The molecule has 0 fully saturated rings. The van der Waals surface area contributed by atoms with Crippen LogP contribution in [0.15, 0.2) is 24.3 Å². The average molecular weight is 210 g/mol. The van der Waals surface area contributed by atoms with E-state index in [0.29, 0.717) is 5.69 Å². The van der Waals surface area contributed by atoms with E-state index in [1.807, 2.05) is 0 Å². The Morgan fingerprint density at radius 2 is 2.07 bits per heavy atom. The van der Waals surface area contributed by atoms with Crippen molar-refractivity contribution in [1.82, 2.24) is 0 Å². The van der Waals surface area contributed by atoms with E-state index in [-0.39, 0.29) is 5.75 Å². The highest BCUT2D eigenvalue weighted by Gasteiger charge is 2.06. The monoisotopic (exact) mass is 210 g/mol. The second kappa shape index (κ2) is 4.85. The van der Waals surface area contributed by atoms with Gasteiger partial charge in [0.05, 0.1) is 5.69 Å². The van der Waals surface area contributed by atoms with Crippen LogP contribution in [0.25, 0.3) is 0 Å². The molecule has 0 atom stereocenters. The second-order valence-corrected chi connectivity index (χ2v) is 2.67. The summed E-state index contributed by atoms with van der Waals surface area (Å²) in [5.41, 5.74) is 5.27. The summed E-state index contributed by atoms with van der Waals surface area (Å²) >= 11 is 0. The minimum atomic E-state index is -1.09. The third kappa shape index (κ3) is 3.55. The van der Waals surface area contributed by atoms with Gasteiger partial charge in [0.15, 0.2) is 6.61 Å². The zero-order valence-electron chi connectivity index (χ0n) is 7.77. The first-order valence-corrected chi connectivity index (χ1v) is 4.09. The molecule has 1 rings (SSSR count). The van der Waals surface area contributed by atoms with Gasteiger partial charge in [0.1, 0.15) is 5.75 Å². The van der Waals surface area contributed by atoms with Gasteiger partial charge in [-0.3, -0.25) is 0 Å². The van der Waals surface area contributed by atoms with Crippen molar-refractivity contribution in [1.29, 1.82) is 0 Å². The van der Waals surface area contributed by atoms with Gasteiger partial charge in [-0.2, -0.15) is 0 Å². The predicted octanol–water partition coefficient (Wildman–Crippen LogP) is 0.641. The summed E-state index contributed by atoms with van der Waals surface area (Å²) in [6.45, 7) is -0.475. The fourth-order valence-electron chi connectivity index (χ4n) is 0.968. The number of para-hydroxylation sites is 2. The molecule has 0 aliphatic rings. The van der Waals surface area contributed by atoms with Crippen LogP contribution in [0.2, 0.25) is 0 Å². The average Bonchev–Trinajstić information content (AvgIpc) is 2.15. The van der Waals surface area contributed by atoms with Crippen molar-refractivity contribution in [2.24, 2.45) is 5.73 Å². The van der Waals surface area contributed by atoms with Crippen LogP contribution in [-0.4, -0.2) is 23.7 Å². The normalized spacial score (nSPS) is 9.33. The number of carboxylic acid groups (broad SMARTS) is 1. The number of carbonyl (C=O) groups excluding carboxylic acids is 1. The molecule has 0 saturated heterocycles.